The molecule has 6 heteroatoms. The third kappa shape index (κ3) is 2.75. The number of amidine groups is 1. The van der Waals surface area contributed by atoms with E-state index < -0.39 is 5.41 Å². The van der Waals surface area contributed by atoms with E-state index in [9.17, 15) is 4.79 Å². The van der Waals surface area contributed by atoms with Crippen LogP contribution in [0, 0.1) is 11.3 Å². The topological polar surface area (TPSA) is 88.2 Å². The van der Waals surface area contributed by atoms with Crippen molar-refractivity contribution in [1.29, 1.82) is 0 Å². The Balaban J connectivity index is 2.18. The zero-order chi connectivity index (χ0) is 14.6. The van der Waals surface area contributed by atoms with Crippen LogP contribution in [0.3, 0.4) is 0 Å². The molecular weight excluding hydrogens is 258 g/mol. The van der Waals surface area contributed by atoms with Crippen LogP contribution < -0.4 is 5.73 Å². The highest BCUT2D eigenvalue weighted by Gasteiger charge is 2.47. The number of carbonyl (C=O) groups is 1. The van der Waals surface area contributed by atoms with Crippen molar-refractivity contribution in [3.05, 3.63) is 0 Å². The molecule has 1 amide bonds. The van der Waals surface area contributed by atoms with Gasteiger partial charge < -0.3 is 20.6 Å². The SMILES string of the molecule is CCC1CCCN(C(=O)C2(C(N)=NO)CCOCC2)C1. The zero-order valence-corrected chi connectivity index (χ0v) is 12.2. The number of nitrogens with two attached hydrogens (primary N) is 1. The van der Waals surface area contributed by atoms with E-state index in [2.05, 4.69) is 12.1 Å². The Hall–Kier alpha value is -1.30. The summed E-state index contributed by atoms with van der Waals surface area (Å²) >= 11 is 0. The summed E-state index contributed by atoms with van der Waals surface area (Å²) in [4.78, 5) is 14.8. The predicted octanol–water partition coefficient (Wildman–Crippen LogP) is 1.18. The van der Waals surface area contributed by atoms with Gasteiger partial charge in [0.05, 0.1) is 0 Å². The lowest BCUT2D eigenvalue weighted by Gasteiger charge is -2.41. The Morgan fingerprint density at radius 2 is 2.20 bits per heavy atom. The third-order valence-electron chi connectivity index (χ3n) is 4.74. The van der Waals surface area contributed by atoms with Crippen LogP contribution in [-0.4, -0.2) is 48.2 Å². The minimum absolute atomic E-state index is 0.00856. The van der Waals surface area contributed by atoms with Crippen molar-refractivity contribution in [3.63, 3.8) is 0 Å². The van der Waals surface area contributed by atoms with E-state index in [1.165, 1.54) is 6.42 Å². The van der Waals surface area contributed by atoms with Crippen LogP contribution >= 0.6 is 0 Å². The second-order valence-corrected chi connectivity index (χ2v) is 5.85. The van der Waals surface area contributed by atoms with Gasteiger partial charge in [-0.15, -0.1) is 0 Å². The van der Waals surface area contributed by atoms with Crippen LogP contribution in [0.5, 0.6) is 0 Å². The van der Waals surface area contributed by atoms with Gasteiger partial charge in [0.25, 0.3) is 0 Å². The van der Waals surface area contributed by atoms with Gasteiger partial charge in [0.15, 0.2) is 5.84 Å². The van der Waals surface area contributed by atoms with Gasteiger partial charge in [-0.3, -0.25) is 4.79 Å². The third-order valence-corrected chi connectivity index (χ3v) is 4.74. The van der Waals surface area contributed by atoms with Gasteiger partial charge in [-0.25, -0.2) is 0 Å². The monoisotopic (exact) mass is 283 g/mol. The van der Waals surface area contributed by atoms with E-state index in [4.69, 9.17) is 15.7 Å². The highest BCUT2D eigenvalue weighted by Crippen LogP contribution is 2.34. The van der Waals surface area contributed by atoms with Gasteiger partial charge in [-0.2, -0.15) is 0 Å². The number of carbonyl (C=O) groups excluding carboxylic acids is 1. The van der Waals surface area contributed by atoms with Crippen LogP contribution in [0.25, 0.3) is 0 Å². The molecule has 20 heavy (non-hydrogen) atoms. The minimum atomic E-state index is -0.872. The standard InChI is InChI=1S/C14H25N3O3/c1-2-11-4-3-7-17(10-11)13(18)14(12(15)16-19)5-8-20-9-6-14/h11,19H,2-10H2,1H3,(H2,15,16). The van der Waals surface area contributed by atoms with Crippen LogP contribution in [0.15, 0.2) is 5.16 Å². The molecule has 2 fully saturated rings. The second-order valence-electron chi connectivity index (χ2n) is 5.85. The molecule has 3 N–H and O–H groups in total. The Bertz CT molecular complexity index is 378. The molecule has 0 saturated carbocycles. The molecule has 1 atom stereocenters. The van der Waals surface area contributed by atoms with E-state index in [-0.39, 0.29) is 11.7 Å². The summed E-state index contributed by atoms with van der Waals surface area (Å²) in [6.45, 7) is 4.68. The van der Waals surface area contributed by atoms with Gasteiger partial charge in [0, 0.05) is 26.3 Å². The molecule has 0 aromatic heterocycles. The number of piperidine rings is 1. The second kappa shape index (κ2) is 6.43. The lowest BCUT2D eigenvalue weighted by Crippen LogP contribution is -2.55. The summed E-state index contributed by atoms with van der Waals surface area (Å²) in [6, 6.07) is 0. The number of amides is 1. The molecule has 1 unspecified atom stereocenters. The highest BCUT2D eigenvalue weighted by atomic mass is 16.5. The average molecular weight is 283 g/mol. The molecule has 2 aliphatic rings. The number of oxime groups is 1. The number of hydrogen-bond acceptors (Lipinski definition) is 4. The molecule has 0 radical (unpaired) electrons. The van der Waals surface area contributed by atoms with Crippen LogP contribution in [0.2, 0.25) is 0 Å². The first-order valence-electron chi connectivity index (χ1n) is 7.49. The molecule has 0 aliphatic carbocycles. The van der Waals surface area contributed by atoms with Crippen molar-refractivity contribution in [3.8, 4) is 0 Å². The molecule has 6 nitrogen and oxygen atoms in total. The van der Waals surface area contributed by atoms with Crippen LogP contribution in [0.1, 0.15) is 39.0 Å². The number of hydrogen-bond donors (Lipinski definition) is 2. The Morgan fingerprint density at radius 1 is 1.50 bits per heavy atom. The van der Waals surface area contributed by atoms with Gasteiger partial charge in [-0.1, -0.05) is 18.5 Å². The maximum Gasteiger partial charge on any atom is 0.236 e. The fraction of sp³-hybridized carbons (Fsp3) is 0.857. The molecule has 0 aromatic rings. The zero-order valence-electron chi connectivity index (χ0n) is 12.2. The summed E-state index contributed by atoms with van der Waals surface area (Å²) < 4.78 is 5.34. The number of ether oxygens (including phenoxy) is 1. The first-order chi connectivity index (χ1) is 9.64. The molecule has 0 aromatic carbocycles. The molecule has 2 aliphatic heterocycles. The average Bonchev–Trinajstić information content (AvgIpc) is 2.54. The van der Waals surface area contributed by atoms with E-state index in [0.717, 1.165) is 25.9 Å². The van der Waals surface area contributed by atoms with Crippen molar-refractivity contribution in [2.24, 2.45) is 22.2 Å². The minimum Gasteiger partial charge on any atom is -0.409 e. The van der Waals surface area contributed by atoms with E-state index in [1.54, 1.807) is 0 Å². The van der Waals surface area contributed by atoms with Crippen molar-refractivity contribution < 1.29 is 14.7 Å². The van der Waals surface area contributed by atoms with Crippen molar-refractivity contribution >= 4 is 11.7 Å². The first-order valence-corrected chi connectivity index (χ1v) is 7.49. The van der Waals surface area contributed by atoms with Crippen molar-refractivity contribution in [2.75, 3.05) is 26.3 Å². The number of rotatable bonds is 3. The van der Waals surface area contributed by atoms with E-state index in [0.29, 0.717) is 32.0 Å². The fourth-order valence-electron chi connectivity index (χ4n) is 3.28. The molecule has 0 bridgehead atoms. The summed E-state index contributed by atoms with van der Waals surface area (Å²) in [5.74, 6) is 0.607. The highest BCUT2D eigenvalue weighted by molar-refractivity contribution is 6.06. The fourth-order valence-corrected chi connectivity index (χ4v) is 3.28. The summed E-state index contributed by atoms with van der Waals surface area (Å²) in [5.41, 5.74) is 4.98. The Kier molecular flexibility index (Phi) is 4.86. The normalized spacial score (nSPS) is 27.4. The summed E-state index contributed by atoms with van der Waals surface area (Å²) in [7, 11) is 0. The van der Waals surface area contributed by atoms with Gasteiger partial charge in [0.1, 0.15) is 5.41 Å². The van der Waals surface area contributed by atoms with Crippen LogP contribution in [0.4, 0.5) is 0 Å². The van der Waals surface area contributed by atoms with E-state index >= 15 is 0 Å². The summed E-state index contributed by atoms with van der Waals surface area (Å²) in [6.07, 6.45) is 4.29. The molecule has 2 heterocycles. The Labute approximate surface area is 119 Å². The molecule has 0 spiro atoms. The maximum atomic E-state index is 12.9. The van der Waals surface area contributed by atoms with Gasteiger partial charge in [0.2, 0.25) is 5.91 Å². The van der Waals surface area contributed by atoms with Gasteiger partial charge >= 0.3 is 0 Å². The van der Waals surface area contributed by atoms with Crippen LogP contribution in [-0.2, 0) is 9.53 Å². The van der Waals surface area contributed by atoms with Gasteiger partial charge in [-0.05, 0) is 31.6 Å². The quantitative estimate of drug-likeness (QED) is 0.352. The maximum absolute atomic E-state index is 12.9. The van der Waals surface area contributed by atoms with Crippen molar-refractivity contribution in [1.82, 2.24) is 4.90 Å². The lowest BCUT2D eigenvalue weighted by molar-refractivity contribution is -0.144. The first kappa shape index (κ1) is 15.1. The molecular formula is C14H25N3O3. The lowest BCUT2D eigenvalue weighted by atomic mass is 9.77. The molecule has 2 rings (SSSR count). The molecule has 114 valence electrons. The molecule has 2 saturated heterocycles. The number of nitrogens with zero attached hydrogens (tertiary/aromatic N) is 2. The summed E-state index contributed by atoms with van der Waals surface area (Å²) in [5, 5.41) is 12.2. The largest absolute Gasteiger partial charge is 0.409 e. The Morgan fingerprint density at radius 3 is 2.80 bits per heavy atom. The van der Waals surface area contributed by atoms with Crippen molar-refractivity contribution in [2.45, 2.75) is 39.0 Å². The predicted molar refractivity (Wildman–Crippen MR) is 75.5 cm³/mol. The van der Waals surface area contributed by atoms with E-state index in [1.807, 2.05) is 4.90 Å². The number of likely N-dealkylation sites (tertiary alicyclic amines) is 1. The smallest absolute Gasteiger partial charge is 0.236 e.